The summed E-state index contributed by atoms with van der Waals surface area (Å²) < 4.78 is 0. The van der Waals surface area contributed by atoms with Gasteiger partial charge in [-0.05, 0) is 44.9 Å². The lowest BCUT2D eigenvalue weighted by Crippen LogP contribution is -2.60. The van der Waals surface area contributed by atoms with Gasteiger partial charge >= 0.3 is 0 Å². The van der Waals surface area contributed by atoms with Gasteiger partial charge in [0, 0.05) is 11.1 Å². The van der Waals surface area contributed by atoms with Crippen LogP contribution in [-0.4, -0.2) is 11.1 Å². The molecule has 0 aromatic carbocycles. The lowest BCUT2D eigenvalue weighted by molar-refractivity contribution is 0.132. The van der Waals surface area contributed by atoms with E-state index in [2.05, 4.69) is 31.6 Å². The Balaban J connectivity index is 2.93. The number of nitrogens with one attached hydrogen (secondary N) is 1. The van der Waals surface area contributed by atoms with Gasteiger partial charge in [0.1, 0.15) is 0 Å². The molecular weight excluding hydrogens is 218 g/mol. The Morgan fingerprint density at radius 1 is 0.722 bits per heavy atom. The van der Waals surface area contributed by atoms with Crippen LogP contribution in [0.5, 0.6) is 0 Å². The second-order valence-electron chi connectivity index (χ2n) is 5.51. The van der Waals surface area contributed by atoms with Crippen molar-refractivity contribution in [3.8, 4) is 0 Å². The molecule has 0 aliphatic carbocycles. The van der Waals surface area contributed by atoms with Crippen molar-refractivity contribution in [2.24, 2.45) is 0 Å². The SMILES string of the molecule is C=CCC1(CC=C)CCCC(CC=C)(CC=C)N1. The van der Waals surface area contributed by atoms with E-state index in [0.29, 0.717) is 0 Å². The molecule has 18 heavy (non-hydrogen) atoms. The molecular formula is C17H27N. The minimum absolute atomic E-state index is 0.133. The molecule has 0 aromatic rings. The summed E-state index contributed by atoms with van der Waals surface area (Å²) in [7, 11) is 0. The van der Waals surface area contributed by atoms with Gasteiger partial charge in [0.25, 0.3) is 0 Å². The third-order valence-corrected chi connectivity index (χ3v) is 3.98. The average Bonchev–Trinajstić information content (AvgIpc) is 2.30. The monoisotopic (exact) mass is 245 g/mol. The second-order valence-corrected chi connectivity index (χ2v) is 5.51. The minimum atomic E-state index is 0.133. The van der Waals surface area contributed by atoms with Crippen molar-refractivity contribution in [2.75, 3.05) is 0 Å². The molecule has 1 rings (SSSR count). The van der Waals surface area contributed by atoms with E-state index in [0.717, 1.165) is 25.7 Å². The summed E-state index contributed by atoms with van der Waals surface area (Å²) in [6.07, 6.45) is 15.7. The summed E-state index contributed by atoms with van der Waals surface area (Å²) >= 11 is 0. The largest absolute Gasteiger partial charge is 0.305 e. The van der Waals surface area contributed by atoms with Crippen LogP contribution in [0.1, 0.15) is 44.9 Å². The third-order valence-electron chi connectivity index (χ3n) is 3.98. The molecule has 0 atom stereocenters. The zero-order valence-electron chi connectivity index (χ0n) is 11.6. The summed E-state index contributed by atoms with van der Waals surface area (Å²) in [6, 6.07) is 0. The fourth-order valence-corrected chi connectivity index (χ4v) is 3.34. The molecule has 0 unspecified atom stereocenters. The summed E-state index contributed by atoms with van der Waals surface area (Å²) in [5, 5.41) is 3.90. The first-order chi connectivity index (χ1) is 8.66. The van der Waals surface area contributed by atoms with E-state index < -0.39 is 0 Å². The molecule has 1 aliphatic heterocycles. The number of rotatable bonds is 8. The molecule has 0 radical (unpaired) electrons. The fourth-order valence-electron chi connectivity index (χ4n) is 3.34. The van der Waals surface area contributed by atoms with Gasteiger partial charge in [-0.25, -0.2) is 0 Å². The molecule has 1 saturated heterocycles. The Bertz CT molecular complexity index is 264. The first-order valence-corrected chi connectivity index (χ1v) is 6.89. The van der Waals surface area contributed by atoms with Crippen LogP contribution in [0.15, 0.2) is 50.6 Å². The third kappa shape index (κ3) is 3.46. The van der Waals surface area contributed by atoms with Crippen LogP contribution in [0.3, 0.4) is 0 Å². The van der Waals surface area contributed by atoms with Crippen LogP contribution < -0.4 is 5.32 Å². The van der Waals surface area contributed by atoms with E-state index in [-0.39, 0.29) is 11.1 Å². The first-order valence-electron chi connectivity index (χ1n) is 6.89. The predicted molar refractivity (Wildman–Crippen MR) is 81.7 cm³/mol. The molecule has 1 fully saturated rings. The van der Waals surface area contributed by atoms with Crippen molar-refractivity contribution in [1.82, 2.24) is 5.32 Å². The molecule has 0 amide bonds. The topological polar surface area (TPSA) is 12.0 Å². The molecule has 1 nitrogen and oxygen atoms in total. The second kappa shape index (κ2) is 6.75. The lowest BCUT2D eigenvalue weighted by Gasteiger charge is -2.49. The van der Waals surface area contributed by atoms with E-state index in [4.69, 9.17) is 0 Å². The molecule has 0 bridgehead atoms. The zero-order chi connectivity index (χ0) is 13.5. The number of piperidine rings is 1. The highest BCUT2D eigenvalue weighted by atomic mass is 15.1. The molecule has 0 saturated carbocycles. The van der Waals surface area contributed by atoms with Crippen molar-refractivity contribution in [2.45, 2.75) is 56.0 Å². The maximum Gasteiger partial charge on any atom is 0.0255 e. The highest BCUT2D eigenvalue weighted by Crippen LogP contribution is 2.38. The van der Waals surface area contributed by atoms with Crippen molar-refractivity contribution < 1.29 is 0 Å². The zero-order valence-corrected chi connectivity index (χ0v) is 11.6. The Morgan fingerprint density at radius 2 is 1.06 bits per heavy atom. The Morgan fingerprint density at radius 3 is 1.33 bits per heavy atom. The molecule has 100 valence electrons. The van der Waals surface area contributed by atoms with Gasteiger partial charge in [-0.1, -0.05) is 24.3 Å². The van der Waals surface area contributed by atoms with Gasteiger partial charge in [0.15, 0.2) is 0 Å². The Hall–Kier alpha value is -1.08. The standard InChI is InChI=1S/C17H27N/c1-5-10-16(11-6-2)14-9-15-17(18-16,12-7-3)13-8-4/h5-8,18H,1-4,9-15H2. The van der Waals surface area contributed by atoms with Crippen LogP contribution in [-0.2, 0) is 0 Å². The van der Waals surface area contributed by atoms with Gasteiger partial charge < -0.3 is 5.32 Å². The van der Waals surface area contributed by atoms with Gasteiger partial charge in [0.2, 0.25) is 0 Å². The van der Waals surface area contributed by atoms with Crippen molar-refractivity contribution in [3.05, 3.63) is 50.6 Å². The molecule has 1 heterocycles. The van der Waals surface area contributed by atoms with E-state index in [1.807, 2.05) is 24.3 Å². The highest BCUT2D eigenvalue weighted by molar-refractivity contribution is 5.10. The number of hydrogen-bond donors (Lipinski definition) is 1. The predicted octanol–water partition coefficient (Wildman–Crippen LogP) is 4.54. The summed E-state index contributed by atoms with van der Waals surface area (Å²) in [4.78, 5) is 0. The minimum Gasteiger partial charge on any atom is -0.305 e. The first kappa shape index (κ1) is 15.0. The summed E-state index contributed by atoms with van der Waals surface area (Å²) in [5.74, 6) is 0. The summed E-state index contributed by atoms with van der Waals surface area (Å²) in [6.45, 7) is 15.6. The van der Waals surface area contributed by atoms with Crippen molar-refractivity contribution in [3.63, 3.8) is 0 Å². The van der Waals surface area contributed by atoms with Crippen LogP contribution in [0, 0.1) is 0 Å². The normalized spacial score (nSPS) is 20.9. The van der Waals surface area contributed by atoms with E-state index in [1.54, 1.807) is 0 Å². The fraction of sp³-hybridized carbons (Fsp3) is 0.529. The van der Waals surface area contributed by atoms with Crippen LogP contribution >= 0.6 is 0 Å². The quantitative estimate of drug-likeness (QED) is 0.619. The number of hydrogen-bond acceptors (Lipinski definition) is 1. The smallest absolute Gasteiger partial charge is 0.0255 e. The van der Waals surface area contributed by atoms with E-state index >= 15 is 0 Å². The summed E-state index contributed by atoms with van der Waals surface area (Å²) in [5.41, 5.74) is 0.265. The maximum atomic E-state index is 3.91. The Labute approximate surface area is 112 Å². The van der Waals surface area contributed by atoms with Crippen molar-refractivity contribution >= 4 is 0 Å². The molecule has 0 spiro atoms. The van der Waals surface area contributed by atoms with Gasteiger partial charge in [-0.15, -0.1) is 26.3 Å². The maximum absolute atomic E-state index is 3.91. The highest BCUT2D eigenvalue weighted by Gasteiger charge is 2.41. The van der Waals surface area contributed by atoms with Crippen LogP contribution in [0.25, 0.3) is 0 Å². The van der Waals surface area contributed by atoms with Gasteiger partial charge in [-0.3, -0.25) is 0 Å². The van der Waals surface area contributed by atoms with E-state index in [1.165, 1.54) is 19.3 Å². The van der Waals surface area contributed by atoms with Crippen LogP contribution in [0.4, 0.5) is 0 Å². The van der Waals surface area contributed by atoms with E-state index in [9.17, 15) is 0 Å². The Kier molecular flexibility index (Phi) is 5.61. The molecule has 1 N–H and O–H groups in total. The van der Waals surface area contributed by atoms with Crippen molar-refractivity contribution in [1.29, 1.82) is 0 Å². The van der Waals surface area contributed by atoms with Gasteiger partial charge in [0.05, 0.1) is 0 Å². The van der Waals surface area contributed by atoms with Crippen LogP contribution in [0.2, 0.25) is 0 Å². The lowest BCUT2D eigenvalue weighted by atomic mass is 9.73. The molecule has 1 aliphatic rings. The average molecular weight is 245 g/mol. The molecule has 0 aromatic heterocycles. The van der Waals surface area contributed by atoms with Gasteiger partial charge in [-0.2, -0.15) is 0 Å². The molecule has 1 heteroatoms.